The van der Waals surface area contributed by atoms with Crippen LogP contribution in [0.25, 0.3) is 0 Å². The molecule has 0 aromatic heterocycles. The molecule has 0 aliphatic carbocycles. The minimum atomic E-state index is -3.66. The normalized spacial score (nSPS) is 13.4. The fraction of sp³-hybridized carbons (Fsp3) is 0.409. The Labute approximate surface area is 173 Å². The number of nitrogens with zero attached hydrogens (tertiary/aromatic N) is 1. The van der Waals surface area contributed by atoms with Crippen molar-refractivity contribution < 1.29 is 17.9 Å². The first kappa shape index (κ1) is 22.7. The molecule has 158 valence electrons. The second-order valence-electron chi connectivity index (χ2n) is 7.33. The Hall–Kier alpha value is -2.54. The molecule has 2 rings (SSSR count). The van der Waals surface area contributed by atoms with Gasteiger partial charge in [-0.15, -0.1) is 0 Å². The molecule has 0 saturated heterocycles. The van der Waals surface area contributed by atoms with E-state index in [1.807, 2.05) is 58.0 Å². The monoisotopic (exact) mass is 418 g/mol. The maximum Gasteiger partial charge on any atom is 0.244 e. The molecule has 7 heteroatoms. The van der Waals surface area contributed by atoms with Crippen LogP contribution < -0.4 is 14.4 Å². The van der Waals surface area contributed by atoms with Gasteiger partial charge in [0.1, 0.15) is 11.8 Å². The number of hydrogen-bond acceptors (Lipinski definition) is 4. The van der Waals surface area contributed by atoms with Crippen molar-refractivity contribution in [3.8, 4) is 5.75 Å². The summed E-state index contributed by atoms with van der Waals surface area (Å²) in [6.07, 6.45) is 1.48. The predicted octanol–water partition coefficient (Wildman–Crippen LogP) is 3.73. The van der Waals surface area contributed by atoms with E-state index in [4.69, 9.17) is 4.74 Å². The highest BCUT2D eigenvalue weighted by Gasteiger charge is 2.32. The number of rotatable bonds is 8. The third kappa shape index (κ3) is 5.73. The number of methoxy groups -OCH3 is 1. The highest BCUT2D eigenvalue weighted by molar-refractivity contribution is 7.92. The second kappa shape index (κ2) is 9.31. The summed E-state index contributed by atoms with van der Waals surface area (Å²) in [6, 6.07) is 11.8. The molecule has 6 nitrogen and oxygen atoms in total. The van der Waals surface area contributed by atoms with E-state index in [0.29, 0.717) is 12.1 Å². The van der Waals surface area contributed by atoms with Crippen molar-refractivity contribution in [3.63, 3.8) is 0 Å². The fourth-order valence-electron chi connectivity index (χ4n) is 3.42. The van der Waals surface area contributed by atoms with Gasteiger partial charge in [-0.3, -0.25) is 9.10 Å². The van der Waals surface area contributed by atoms with Crippen LogP contribution in [0.1, 0.15) is 43.0 Å². The molecule has 1 amide bonds. The lowest BCUT2D eigenvalue weighted by Gasteiger charge is -2.31. The molecule has 0 spiro atoms. The van der Waals surface area contributed by atoms with Crippen LogP contribution in [0.4, 0.5) is 5.69 Å². The summed E-state index contributed by atoms with van der Waals surface area (Å²) in [5.74, 6) is 0.400. The molecule has 0 unspecified atom stereocenters. The Morgan fingerprint density at radius 1 is 1.10 bits per heavy atom. The van der Waals surface area contributed by atoms with Gasteiger partial charge in [-0.05, 0) is 68.1 Å². The molecule has 29 heavy (non-hydrogen) atoms. The van der Waals surface area contributed by atoms with E-state index >= 15 is 0 Å². The molecule has 0 fully saturated rings. The van der Waals surface area contributed by atoms with E-state index in [2.05, 4.69) is 5.32 Å². The highest BCUT2D eigenvalue weighted by Crippen LogP contribution is 2.26. The molecule has 2 atom stereocenters. The molecule has 2 aromatic carbocycles. The standard InChI is InChI=1S/C22H30N2O4S/c1-7-21(22(25)23-17(4)18-8-10-20(28-5)11-9-18)24(29(6,26)27)19-13-15(2)12-16(3)14-19/h8-14,17,21H,7H2,1-6H3,(H,23,25)/t17-,21-/m0/s1. The van der Waals surface area contributed by atoms with Gasteiger partial charge in [-0.1, -0.05) is 25.1 Å². The zero-order chi connectivity index (χ0) is 21.8. The molecule has 0 aliphatic heterocycles. The lowest BCUT2D eigenvalue weighted by molar-refractivity contribution is -0.122. The van der Waals surface area contributed by atoms with Gasteiger partial charge in [0.25, 0.3) is 0 Å². The molecular formula is C22H30N2O4S. The average Bonchev–Trinajstić information content (AvgIpc) is 2.63. The van der Waals surface area contributed by atoms with Gasteiger partial charge >= 0.3 is 0 Å². The summed E-state index contributed by atoms with van der Waals surface area (Å²) in [7, 11) is -2.07. The molecule has 2 aromatic rings. The summed E-state index contributed by atoms with van der Waals surface area (Å²) >= 11 is 0. The number of amides is 1. The number of benzene rings is 2. The maximum absolute atomic E-state index is 13.1. The van der Waals surface area contributed by atoms with Crippen LogP contribution in [0.15, 0.2) is 42.5 Å². The minimum Gasteiger partial charge on any atom is -0.497 e. The molecule has 0 heterocycles. The van der Waals surface area contributed by atoms with Crippen LogP contribution in [0, 0.1) is 13.8 Å². The smallest absolute Gasteiger partial charge is 0.244 e. The van der Waals surface area contributed by atoms with Crippen molar-refractivity contribution in [1.82, 2.24) is 5.32 Å². The lowest BCUT2D eigenvalue weighted by atomic mass is 10.1. The molecule has 1 N–H and O–H groups in total. The van der Waals surface area contributed by atoms with Crippen LogP contribution in [-0.4, -0.2) is 33.7 Å². The summed E-state index contributed by atoms with van der Waals surface area (Å²) in [5, 5.41) is 2.95. The molecule has 0 radical (unpaired) electrons. The number of carbonyl (C=O) groups is 1. The first-order valence-corrected chi connectivity index (χ1v) is 11.4. The average molecular weight is 419 g/mol. The summed E-state index contributed by atoms with van der Waals surface area (Å²) in [5.41, 5.74) is 3.29. The third-order valence-electron chi connectivity index (χ3n) is 4.77. The Morgan fingerprint density at radius 2 is 1.66 bits per heavy atom. The topological polar surface area (TPSA) is 75.7 Å². The van der Waals surface area contributed by atoms with Gasteiger partial charge < -0.3 is 10.1 Å². The van der Waals surface area contributed by atoms with Crippen molar-refractivity contribution in [3.05, 3.63) is 59.2 Å². The van der Waals surface area contributed by atoms with Crippen LogP contribution in [-0.2, 0) is 14.8 Å². The number of sulfonamides is 1. The molecule has 0 aliphatic rings. The van der Waals surface area contributed by atoms with E-state index in [9.17, 15) is 13.2 Å². The van der Waals surface area contributed by atoms with Crippen molar-refractivity contribution in [2.24, 2.45) is 0 Å². The van der Waals surface area contributed by atoms with Gasteiger partial charge in [0, 0.05) is 0 Å². The van der Waals surface area contributed by atoms with Gasteiger partial charge in [0.15, 0.2) is 0 Å². The second-order valence-corrected chi connectivity index (χ2v) is 9.19. The minimum absolute atomic E-state index is 0.275. The van der Waals surface area contributed by atoms with E-state index < -0.39 is 16.1 Å². The van der Waals surface area contributed by atoms with E-state index in [1.54, 1.807) is 19.2 Å². The predicted molar refractivity (Wildman–Crippen MR) is 117 cm³/mol. The van der Waals surface area contributed by atoms with Crippen LogP contribution >= 0.6 is 0 Å². The lowest BCUT2D eigenvalue weighted by Crippen LogP contribution is -2.49. The van der Waals surface area contributed by atoms with Crippen molar-refractivity contribution in [2.45, 2.75) is 46.2 Å². The van der Waals surface area contributed by atoms with Crippen molar-refractivity contribution in [1.29, 1.82) is 0 Å². The van der Waals surface area contributed by atoms with Gasteiger partial charge in [0.2, 0.25) is 15.9 Å². The van der Waals surface area contributed by atoms with Crippen molar-refractivity contribution in [2.75, 3.05) is 17.7 Å². The Balaban J connectivity index is 2.32. The summed E-state index contributed by atoms with van der Waals surface area (Å²) in [6.45, 7) is 7.49. The first-order valence-electron chi connectivity index (χ1n) is 9.58. The Bertz CT molecular complexity index is 935. The first-order chi connectivity index (χ1) is 13.6. The Kier molecular flexibility index (Phi) is 7.30. The summed E-state index contributed by atoms with van der Waals surface area (Å²) < 4.78 is 31.6. The number of hydrogen-bond donors (Lipinski definition) is 1. The number of ether oxygens (including phenoxy) is 1. The SMILES string of the molecule is CC[C@@H](C(=O)N[C@@H](C)c1ccc(OC)cc1)N(c1cc(C)cc(C)c1)S(C)(=O)=O. The molecular weight excluding hydrogens is 388 g/mol. The van der Waals surface area contributed by atoms with Gasteiger partial charge in [-0.25, -0.2) is 8.42 Å². The van der Waals surface area contributed by atoms with Crippen molar-refractivity contribution >= 4 is 21.6 Å². The summed E-state index contributed by atoms with van der Waals surface area (Å²) in [4.78, 5) is 13.1. The zero-order valence-electron chi connectivity index (χ0n) is 17.9. The molecule has 0 saturated carbocycles. The van der Waals surface area contributed by atoms with Gasteiger partial charge in [-0.2, -0.15) is 0 Å². The number of nitrogens with one attached hydrogen (secondary N) is 1. The van der Waals surface area contributed by atoms with E-state index in [-0.39, 0.29) is 11.9 Å². The van der Waals surface area contributed by atoms with Crippen LogP contribution in [0.5, 0.6) is 5.75 Å². The number of aryl methyl sites for hydroxylation is 2. The maximum atomic E-state index is 13.1. The zero-order valence-corrected chi connectivity index (χ0v) is 18.7. The fourth-order valence-corrected chi connectivity index (χ4v) is 4.62. The van der Waals surface area contributed by atoms with E-state index in [1.165, 1.54) is 4.31 Å². The van der Waals surface area contributed by atoms with Crippen LogP contribution in [0.2, 0.25) is 0 Å². The van der Waals surface area contributed by atoms with E-state index in [0.717, 1.165) is 28.7 Å². The number of anilines is 1. The Morgan fingerprint density at radius 3 is 2.10 bits per heavy atom. The highest BCUT2D eigenvalue weighted by atomic mass is 32.2. The number of carbonyl (C=O) groups excluding carboxylic acids is 1. The third-order valence-corrected chi connectivity index (χ3v) is 5.95. The largest absolute Gasteiger partial charge is 0.497 e. The quantitative estimate of drug-likeness (QED) is 0.709. The van der Waals surface area contributed by atoms with Crippen LogP contribution in [0.3, 0.4) is 0 Å². The molecule has 0 bridgehead atoms. The van der Waals surface area contributed by atoms with Gasteiger partial charge in [0.05, 0.1) is 25.1 Å².